The number of aromatic amines is 1. The lowest BCUT2D eigenvalue weighted by atomic mass is 10.2. The van der Waals surface area contributed by atoms with Crippen LogP contribution in [-0.4, -0.2) is 35.3 Å². The van der Waals surface area contributed by atoms with Crippen molar-refractivity contribution in [3.63, 3.8) is 0 Å². The first-order valence-corrected chi connectivity index (χ1v) is 8.10. The average molecular weight is 375 g/mol. The molecule has 0 atom stereocenters. The third kappa shape index (κ3) is 3.72. The van der Waals surface area contributed by atoms with Gasteiger partial charge in [0.1, 0.15) is 11.5 Å². The summed E-state index contributed by atoms with van der Waals surface area (Å²) in [5.74, 6) is 1.96. The summed E-state index contributed by atoms with van der Waals surface area (Å²) in [7, 11) is 3.20. The highest BCUT2D eigenvalue weighted by atomic mass is 35.5. The van der Waals surface area contributed by atoms with E-state index in [-0.39, 0.29) is 0 Å². The van der Waals surface area contributed by atoms with E-state index in [4.69, 9.17) is 33.3 Å². The largest absolute Gasteiger partial charge is 0.497 e. The summed E-state index contributed by atoms with van der Waals surface area (Å²) in [5.41, 5.74) is 1.60. The molecule has 25 heavy (non-hydrogen) atoms. The van der Waals surface area contributed by atoms with Gasteiger partial charge >= 0.3 is 0 Å². The molecule has 2 aromatic carbocycles. The number of ether oxygens (including phenoxy) is 2. The summed E-state index contributed by atoms with van der Waals surface area (Å²) >= 11 is 11.2. The van der Waals surface area contributed by atoms with Gasteiger partial charge in [0, 0.05) is 16.1 Å². The fourth-order valence-corrected chi connectivity index (χ4v) is 2.55. The van der Waals surface area contributed by atoms with Gasteiger partial charge in [-0.1, -0.05) is 11.6 Å². The number of hydrogen-bond acceptors (Lipinski definition) is 5. The van der Waals surface area contributed by atoms with Gasteiger partial charge in [-0.25, -0.2) is 5.10 Å². The van der Waals surface area contributed by atoms with E-state index >= 15 is 0 Å². The minimum absolute atomic E-state index is 0.378. The average Bonchev–Trinajstić information content (AvgIpc) is 3.01. The van der Waals surface area contributed by atoms with Crippen LogP contribution in [0.1, 0.15) is 5.56 Å². The van der Waals surface area contributed by atoms with Gasteiger partial charge in [0.25, 0.3) is 0 Å². The molecule has 6 nitrogen and oxygen atoms in total. The van der Waals surface area contributed by atoms with Crippen LogP contribution in [0.15, 0.2) is 47.6 Å². The van der Waals surface area contributed by atoms with Crippen LogP contribution in [0.5, 0.6) is 11.5 Å². The normalized spacial score (nSPS) is 11.0. The van der Waals surface area contributed by atoms with Crippen LogP contribution in [0.4, 0.5) is 0 Å². The number of H-pyrrole nitrogens is 1. The Kier molecular flexibility index (Phi) is 5.16. The second-order valence-corrected chi connectivity index (χ2v) is 5.85. The zero-order valence-corrected chi connectivity index (χ0v) is 15.1. The number of halogens is 1. The molecule has 8 heteroatoms. The van der Waals surface area contributed by atoms with Crippen molar-refractivity contribution in [2.45, 2.75) is 0 Å². The van der Waals surface area contributed by atoms with E-state index in [1.807, 2.05) is 30.3 Å². The molecule has 0 aliphatic heterocycles. The molecule has 0 aliphatic rings. The highest BCUT2D eigenvalue weighted by Gasteiger charge is 2.09. The van der Waals surface area contributed by atoms with Crippen molar-refractivity contribution in [2.75, 3.05) is 14.2 Å². The Morgan fingerprint density at radius 3 is 2.60 bits per heavy atom. The standard InChI is InChI=1S/C17H15ClN4O2S/c1-23-14-7-8-15(24-2)12(9-14)10-19-22-16(20-21-17(22)25)11-3-5-13(18)6-4-11/h3-10H,1-2H3,(H,21,25)/b19-10-. The van der Waals surface area contributed by atoms with Gasteiger partial charge in [0.15, 0.2) is 5.82 Å². The van der Waals surface area contributed by atoms with Gasteiger partial charge in [-0.3, -0.25) is 0 Å². The van der Waals surface area contributed by atoms with Gasteiger partial charge < -0.3 is 9.47 Å². The highest BCUT2D eigenvalue weighted by Crippen LogP contribution is 2.23. The van der Waals surface area contributed by atoms with E-state index in [0.717, 1.165) is 11.1 Å². The van der Waals surface area contributed by atoms with Gasteiger partial charge in [-0.15, -0.1) is 0 Å². The highest BCUT2D eigenvalue weighted by molar-refractivity contribution is 7.71. The molecule has 1 N–H and O–H groups in total. The van der Waals surface area contributed by atoms with Crippen molar-refractivity contribution in [2.24, 2.45) is 5.10 Å². The minimum Gasteiger partial charge on any atom is -0.497 e. The number of rotatable bonds is 5. The topological polar surface area (TPSA) is 64.4 Å². The van der Waals surface area contributed by atoms with E-state index < -0.39 is 0 Å². The molecule has 3 aromatic rings. The molecule has 3 rings (SSSR count). The summed E-state index contributed by atoms with van der Waals surface area (Å²) < 4.78 is 12.5. The molecule has 0 radical (unpaired) electrons. The molecule has 0 unspecified atom stereocenters. The van der Waals surface area contributed by atoms with Crippen LogP contribution in [0.2, 0.25) is 5.02 Å². The maximum atomic E-state index is 5.94. The van der Waals surface area contributed by atoms with Crippen LogP contribution >= 0.6 is 23.8 Å². The van der Waals surface area contributed by atoms with Crippen molar-refractivity contribution in [3.8, 4) is 22.9 Å². The van der Waals surface area contributed by atoms with E-state index in [9.17, 15) is 0 Å². The third-order valence-electron chi connectivity index (χ3n) is 3.50. The van der Waals surface area contributed by atoms with Gasteiger partial charge in [0.2, 0.25) is 4.77 Å². The lowest BCUT2D eigenvalue weighted by Gasteiger charge is -2.07. The van der Waals surface area contributed by atoms with Gasteiger partial charge in [-0.2, -0.15) is 14.9 Å². The lowest BCUT2D eigenvalue weighted by molar-refractivity contribution is 0.402. The molecule has 0 spiro atoms. The Bertz CT molecular complexity index is 964. The predicted molar refractivity (Wildman–Crippen MR) is 100 cm³/mol. The van der Waals surface area contributed by atoms with Crippen molar-refractivity contribution in [1.29, 1.82) is 0 Å². The third-order valence-corrected chi connectivity index (χ3v) is 4.02. The summed E-state index contributed by atoms with van der Waals surface area (Å²) in [6.07, 6.45) is 1.64. The van der Waals surface area contributed by atoms with Crippen LogP contribution in [0.25, 0.3) is 11.4 Å². The van der Waals surface area contributed by atoms with Crippen LogP contribution in [0, 0.1) is 4.77 Å². The van der Waals surface area contributed by atoms with Crippen LogP contribution in [0.3, 0.4) is 0 Å². The number of aromatic nitrogens is 3. The van der Waals surface area contributed by atoms with Crippen LogP contribution in [-0.2, 0) is 0 Å². The molecular formula is C17H15ClN4O2S. The Labute approximate surface area is 154 Å². The van der Waals surface area contributed by atoms with E-state index in [1.165, 1.54) is 4.68 Å². The molecule has 0 saturated carbocycles. The number of hydrogen-bond donors (Lipinski definition) is 1. The molecule has 1 heterocycles. The molecule has 0 amide bonds. The number of nitrogens with one attached hydrogen (secondary N) is 1. The van der Waals surface area contributed by atoms with E-state index in [2.05, 4.69) is 15.3 Å². The summed E-state index contributed by atoms with van der Waals surface area (Å²) in [6, 6.07) is 12.7. The van der Waals surface area contributed by atoms with Gasteiger partial charge in [0.05, 0.1) is 20.4 Å². The summed E-state index contributed by atoms with van der Waals surface area (Å²) in [5, 5.41) is 12.1. The van der Waals surface area contributed by atoms with Crippen molar-refractivity contribution >= 4 is 30.0 Å². The quantitative estimate of drug-likeness (QED) is 0.538. The van der Waals surface area contributed by atoms with Crippen molar-refractivity contribution < 1.29 is 9.47 Å². The first kappa shape index (κ1) is 17.2. The fraction of sp³-hybridized carbons (Fsp3) is 0.118. The molecule has 128 valence electrons. The van der Waals surface area contributed by atoms with Crippen molar-refractivity contribution in [1.82, 2.24) is 14.9 Å². The second kappa shape index (κ2) is 7.50. The maximum Gasteiger partial charge on any atom is 0.216 e. The lowest BCUT2D eigenvalue weighted by Crippen LogP contribution is -1.97. The predicted octanol–water partition coefficient (Wildman–Crippen LogP) is 4.16. The monoisotopic (exact) mass is 374 g/mol. The smallest absolute Gasteiger partial charge is 0.216 e. The first-order valence-electron chi connectivity index (χ1n) is 7.32. The Hall–Kier alpha value is -2.64. The summed E-state index contributed by atoms with van der Waals surface area (Å²) in [6.45, 7) is 0. The molecule has 0 fully saturated rings. The first-order chi connectivity index (χ1) is 12.1. The molecule has 0 saturated heterocycles. The zero-order valence-electron chi connectivity index (χ0n) is 13.6. The SMILES string of the molecule is COc1ccc(OC)c(/C=N\n2c(-c3ccc(Cl)cc3)n[nH]c2=S)c1. The summed E-state index contributed by atoms with van der Waals surface area (Å²) in [4.78, 5) is 0. The zero-order chi connectivity index (χ0) is 17.8. The van der Waals surface area contributed by atoms with Gasteiger partial charge in [-0.05, 0) is 54.7 Å². The maximum absolute atomic E-state index is 5.94. The molecule has 1 aromatic heterocycles. The molecular weight excluding hydrogens is 360 g/mol. The Morgan fingerprint density at radius 2 is 1.92 bits per heavy atom. The number of benzene rings is 2. The molecule has 0 bridgehead atoms. The minimum atomic E-state index is 0.378. The second-order valence-electron chi connectivity index (χ2n) is 5.02. The van der Waals surface area contributed by atoms with E-state index in [0.29, 0.717) is 27.1 Å². The van der Waals surface area contributed by atoms with E-state index in [1.54, 1.807) is 32.6 Å². The van der Waals surface area contributed by atoms with Crippen LogP contribution < -0.4 is 9.47 Å². The van der Waals surface area contributed by atoms with Crippen molar-refractivity contribution in [3.05, 3.63) is 57.8 Å². The molecule has 0 aliphatic carbocycles. The Morgan fingerprint density at radius 1 is 1.16 bits per heavy atom. The Balaban J connectivity index is 2.01. The number of nitrogens with zero attached hydrogens (tertiary/aromatic N) is 3. The number of methoxy groups -OCH3 is 2. The fourth-order valence-electron chi connectivity index (χ4n) is 2.24.